The number of amides is 1. The number of likely N-dealkylation sites (tertiary alicyclic amines) is 1. The third kappa shape index (κ3) is 4.50. The van der Waals surface area contributed by atoms with Crippen LogP contribution in [0.2, 0.25) is 10.0 Å². The maximum atomic E-state index is 10.9. The van der Waals surface area contributed by atoms with Gasteiger partial charge >= 0.3 is 6.09 Å². The van der Waals surface area contributed by atoms with Gasteiger partial charge in [0, 0.05) is 42.8 Å². The van der Waals surface area contributed by atoms with E-state index in [9.17, 15) is 4.79 Å². The minimum absolute atomic E-state index is 0.137. The maximum absolute atomic E-state index is 10.9. The Kier molecular flexibility index (Phi) is 5.73. The van der Waals surface area contributed by atoms with E-state index >= 15 is 0 Å². The second-order valence-electron chi connectivity index (χ2n) is 5.45. The first kappa shape index (κ1) is 16.4. The molecule has 0 saturated carbocycles. The SMILES string of the molecule is CN(C(=O)O)C1CCN(CCc2ccc(Cl)cc2Cl)CC1. The Labute approximate surface area is 135 Å². The Balaban J connectivity index is 1.80. The summed E-state index contributed by atoms with van der Waals surface area (Å²) in [4.78, 5) is 14.7. The van der Waals surface area contributed by atoms with E-state index in [-0.39, 0.29) is 6.04 Å². The largest absolute Gasteiger partial charge is 0.465 e. The first-order valence-electron chi connectivity index (χ1n) is 7.09. The molecule has 1 aromatic carbocycles. The van der Waals surface area contributed by atoms with Crippen LogP contribution in [0.1, 0.15) is 18.4 Å². The Morgan fingerprint density at radius 2 is 2.05 bits per heavy atom. The van der Waals surface area contributed by atoms with Crippen molar-refractivity contribution in [1.29, 1.82) is 0 Å². The molecule has 0 radical (unpaired) electrons. The van der Waals surface area contributed by atoms with Gasteiger partial charge in [-0.2, -0.15) is 0 Å². The molecule has 116 valence electrons. The highest BCUT2D eigenvalue weighted by Gasteiger charge is 2.24. The van der Waals surface area contributed by atoms with Crippen molar-refractivity contribution in [2.75, 3.05) is 26.7 Å². The molecular weight excluding hydrogens is 311 g/mol. The molecular formula is C15H20Cl2N2O2. The zero-order chi connectivity index (χ0) is 15.4. The molecule has 0 aromatic heterocycles. The number of piperidine rings is 1. The lowest BCUT2D eigenvalue weighted by atomic mass is 10.0. The van der Waals surface area contributed by atoms with Crippen LogP contribution >= 0.6 is 23.2 Å². The lowest BCUT2D eigenvalue weighted by molar-refractivity contribution is 0.105. The van der Waals surface area contributed by atoms with E-state index in [1.54, 1.807) is 13.1 Å². The smallest absolute Gasteiger partial charge is 0.407 e. The highest BCUT2D eigenvalue weighted by atomic mass is 35.5. The summed E-state index contributed by atoms with van der Waals surface area (Å²) in [5.74, 6) is 0. The molecule has 4 nitrogen and oxygen atoms in total. The number of halogens is 2. The van der Waals surface area contributed by atoms with Gasteiger partial charge in [0.25, 0.3) is 0 Å². The fraction of sp³-hybridized carbons (Fsp3) is 0.533. The van der Waals surface area contributed by atoms with Crippen molar-refractivity contribution in [3.63, 3.8) is 0 Å². The average Bonchev–Trinajstić information content (AvgIpc) is 2.46. The number of rotatable bonds is 4. The zero-order valence-electron chi connectivity index (χ0n) is 12.1. The third-order valence-corrected chi connectivity index (χ3v) is 4.71. The van der Waals surface area contributed by atoms with E-state index in [0.717, 1.165) is 44.5 Å². The van der Waals surface area contributed by atoms with E-state index in [1.165, 1.54) is 4.90 Å². The molecule has 0 aliphatic carbocycles. The van der Waals surface area contributed by atoms with Gasteiger partial charge in [0.2, 0.25) is 0 Å². The average molecular weight is 331 g/mol. The van der Waals surface area contributed by atoms with Crippen LogP contribution in [-0.2, 0) is 6.42 Å². The minimum atomic E-state index is -0.846. The third-order valence-electron chi connectivity index (χ3n) is 4.12. The van der Waals surface area contributed by atoms with E-state index in [4.69, 9.17) is 28.3 Å². The Morgan fingerprint density at radius 1 is 1.38 bits per heavy atom. The lowest BCUT2D eigenvalue weighted by Gasteiger charge is -2.35. The predicted molar refractivity (Wildman–Crippen MR) is 85.4 cm³/mol. The van der Waals surface area contributed by atoms with Crippen LogP contribution in [0.25, 0.3) is 0 Å². The highest BCUT2D eigenvalue weighted by Crippen LogP contribution is 2.22. The highest BCUT2D eigenvalue weighted by molar-refractivity contribution is 6.35. The van der Waals surface area contributed by atoms with Crippen LogP contribution in [0.15, 0.2) is 18.2 Å². The molecule has 1 N–H and O–H groups in total. The summed E-state index contributed by atoms with van der Waals surface area (Å²) in [6, 6.07) is 5.73. The van der Waals surface area contributed by atoms with Crippen LogP contribution < -0.4 is 0 Å². The molecule has 0 bridgehead atoms. The maximum Gasteiger partial charge on any atom is 0.407 e. The summed E-state index contributed by atoms with van der Waals surface area (Å²) in [5, 5.41) is 10.4. The van der Waals surface area contributed by atoms with Crippen LogP contribution in [-0.4, -0.2) is 53.7 Å². The Bertz CT molecular complexity index is 502. The molecule has 1 aliphatic rings. The van der Waals surface area contributed by atoms with E-state index in [0.29, 0.717) is 10.0 Å². The van der Waals surface area contributed by atoms with Crippen molar-refractivity contribution < 1.29 is 9.90 Å². The van der Waals surface area contributed by atoms with Crippen molar-refractivity contribution in [3.8, 4) is 0 Å². The van der Waals surface area contributed by atoms with Crippen LogP contribution in [0.3, 0.4) is 0 Å². The van der Waals surface area contributed by atoms with Crippen molar-refractivity contribution in [2.45, 2.75) is 25.3 Å². The predicted octanol–water partition coefficient (Wildman–Crippen LogP) is 3.61. The number of benzene rings is 1. The van der Waals surface area contributed by atoms with E-state index < -0.39 is 6.09 Å². The van der Waals surface area contributed by atoms with Crippen molar-refractivity contribution in [1.82, 2.24) is 9.80 Å². The standard InChI is InChI=1S/C15H20Cl2N2O2/c1-18(15(20)21)13-5-8-19(9-6-13)7-4-11-2-3-12(16)10-14(11)17/h2-3,10,13H,4-9H2,1H3,(H,20,21). The van der Waals surface area contributed by atoms with Gasteiger partial charge in [0.15, 0.2) is 0 Å². The minimum Gasteiger partial charge on any atom is -0.465 e. The summed E-state index contributed by atoms with van der Waals surface area (Å²) in [6.45, 7) is 2.78. The van der Waals surface area contributed by atoms with Gasteiger partial charge in [0.05, 0.1) is 0 Å². The fourth-order valence-electron chi connectivity index (χ4n) is 2.69. The number of hydrogen-bond donors (Lipinski definition) is 1. The molecule has 2 rings (SSSR count). The van der Waals surface area contributed by atoms with Gasteiger partial charge in [-0.05, 0) is 37.0 Å². The lowest BCUT2D eigenvalue weighted by Crippen LogP contribution is -2.45. The van der Waals surface area contributed by atoms with Gasteiger partial charge in [-0.3, -0.25) is 0 Å². The molecule has 0 spiro atoms. The monoisotopic (exact) mass is 330 g/mol. The molecule has 1 fully saturated rings. The number of hydrogen-bond acceptors (Lipinski definition) is 2. The van der Waals surface area contributed by atoms with Gasteiger partial charge < -0.3 is 14.9 Å². The molecule has 1 aliphatic heterocycles. The summed E-state index contributed by atoms with van der Waals surface area (Å²) in [7, 11) is 1.65. The first-order valence-corrected chi connectivity index (χ1v) is 7.85. The second kappa shape index (κ2) is 7.34. The van der Waals surface area contributed by atoms with Crippen molar-refractivity contribution >= 4 is 29.3 Å². The normalized spacial score (nSPS) is 16.9. The van der Waals surface area contributed by atoms with Crippen molar-refractivity contribution in [3.05, 3.63) is 33.8 Å². The van der Waals surface area contributed by atoms with Gasteiger partial charge in [0.1, 0.15) is 0 Å². The first-order chi connectivity index (χ1) is 9.97. The molecule has 1 saturated heterocycles. The molecule has 0 unspecified atom stereocenters. The molecule has 1 heterocycles. The summed E-state index contributed by atoms with van der Waals surface area (Å²) < 4.78 is 0. The summed E-state index contributed by atoms with van der Waals surface area (Å²) in [5.41, 5.74) is 1.10. The van der Waals surface area contributed by atoms with Crippen LogP contribution in [0.4, 0.5) is 4.79 Å². The summed E-state index contributed by atoms with van der Waals surface area (Å²) >= 11 is 12.1. The van der Waals surface area contributed by atoms with E-state index in [2.05, 4.69) is 4.90 Å². The van der Waals surface area contributed by atoms with Gasteiger partial charge in [-0.15, -0.1) is 0 Å². The zero-order valence-corrected chi connectivity index (χ0v) is 13.6. The summed E-state index contributed by atoms with van der Waals surface area (Å²) in [6.07, 6.45) is 1.81. The van der Waals surface area contributed by atoms with E-state index in [1.807, 2.05) is 12.1 Å². The number of carboxylic acid groups (broad SMARTS) is 1. The van der Waals surface area contributed by atoms with Gasteiger partial charge in [-0.25, -0.2) is 4.79 Å². The van der Waals surface area contributed by atoms with Crippen LogP contribution in [0.5, 0.6) is 0 Å². The Hall–Kier alpha value is -0.970. The fourth-order valence-corrected chi connectivity index (χ4v) is 3.19. The molecule has 1 aromatic rings. The second-order valence-corrected chi connectivity index (χ2v) is 6.30. The topological polar surface area (TPSA) is 43.8 Å². The number of carbonyl (C=O) groups is 1. The van der Waals surface area contributed by atoms with Gasteiger partial charge in [-0.1, -0.05) is 29.3 Å². The number of nitrogens with zero attached hydrogens (tertiary/aromatic N) is 2. The van der Waals surface area contributed by atoms with Crippen LogP contribution in [0, 0.1) is 0 Å². The quantitative estimate of drug-likeness (QED) is 0.917. The molecule has 21 heavy (non-hydrogen) atoms. The van der Waals surface area contributed by atoms with Crippen molar-refractivity contribution in [2.24, 2.45) is 0 Å². The molecule has 0 atom stereocenters. The molecule has 1 amide bonds. The molecule has 6 heteroatoms. The Morgan fingerprint density at radius 3 is 2.62 bits per heavy atom.